The summed E-state index contributed by atoms with van der Waals surface area (Å²) in [6.45, 7) is 6.13. The summed E-state index contributed by atoms with van der Waals surface area (Å²) in [6, 6.07) is 15.6. The summed E-state index contributed by atoms with van der Waals surface area (Å²) in [4.78, 5) is 25.1. The van der Waals surface area contributed by atoms with E-state index in [2.05, 4.69) is 29.6 Å². The largest absolute Gasteiger partial charge is 0.458 e. The lowest BCUT2D eigenvalue weighted by Gasteiger charge is -2.24. The van der Waals surface area contributed by atoms with Gasteiger partial charge in [0, 0.05) is 5.92 Å². The lowest BCUT2D eigenvalue weighted by molar-refractivity contribution is -0.157. The molecule has 6 nitrogen and oxygen atoms in total. The van der Waals surface area contributed by atoms with Gasteiger partial charge in [-0.05, 0) is 68.8 Å². The van der Waals surface area contributed by atoms with E-state index in [4.69, 9.17) is 15.2 Å². The molecule has 0 heterocycles. The predicted molar refractivity (Wildman–Crippen MR) is 128 cm³/mol. The fourth-order valence-corrected chi connectivity index (χ4v) is 3.90. The van der Waals surface area contributed by atoms with Crippen LogP contribution in [0.5, 0.6) is 0 Å². The highest BCUT2D eigenvalue weighted by Crippen LogP contribution is 2.44. The number of nitrogens with two attached hydrogens (primary N) is 1. The maximum atomic E-state index is 12.6. The molecule has 1 atom stereocenters. The highest BCUT2D eigenvalue weighted by atomic mass is 35.5. The number of benzene rings is 2. The second-order valence-corrected chi connectivity index (χ2v) is 8.84. The number of nitrogens with one attached hydrogen (secondary N) is 1. The number of esters is 1. The number of amides is 1. The summed E-state index contributed by atoms with van der Waals surface area (Å²) >= 11 is 0. The van der Waals surface area contributed by atoms with E-state index in [-0.39, 0.29) is 24.9 Å². The third-order valence-electron chi connectivity index (χ3n) is 5.27. The maximum Gasteiger partial charge on any atom is 0.407 e. The number of unbranched alkanes of at least 4 members (excludes halogenated alkanes) is 1. The van der Waals surface area contributed by atoms with Gasteiger partial charge in [-0.25, -0.2) is 9.59 Å². The molecule has 1 aliphatic carbocycles. The van der Waals surface area contributed by atoms with Crippen molar-refractivity contribution in [1.29, 1.82) is 0 Å². The predicted octanol–water partition coefficient (Wildman–Crippen LogP) is 4.79. The summed E-state index contributed by atoms with van der Waals surface area (Å²) in [7, 11) is 0. The molecule has 2 aromatic carbocycles. The molecule has 3 N–H and O–H groups in total. The Labute approximate surface area is 196 Å². The zero-order valence-electron chi connectivity index (χ0n) is 18.9. The van der Waals surface area contributed by atoms with E-state index in [1.54, 1.807) is 20.8 Å². The standard InChI is InChI=1S/C25H32N2O4.ClH/c1-25(2,3)31-23(28)22(14-8-9-15-26)27-24(29)30-16-21-19-12-6-4-10-17(19)18-11-5-7-13-20(18)21;/h4-7,10-13,21-22H,8-9,14-16,26H2,1-3H3,(H,27,29);1H/t22-;/m1./s1. The number of ether oxygens (including phenoxy) is 2. The molecule has 0 bridgehead atoms. The molecule has 1 amide bonds. The minimum atomic E-state index is -0.763. The van der Waals surface area contributed by atoms with Crippen LogP contribution >= 0.6 is 12.4 Å². The third-order valence-corrected chi connectivity index (χ3v) is 5.27. The summed E-state index contributed by atoms with van der Waals surface area (Å²) in [5, 5.41) is 2.69. The van der Waals surface area contributed by atoms with Crippen molar-refractivity contribution in [3.8, 4) is 11.1 Å². The number of alkyl carbamates (subject to hydrolysis) is 1. The van der Waals surface area contributed by atoms with Crippen LogP contribution in [0.2, 0.25) is 0 Å². The van der Waals surface area contributed by atoms with Crippen molar-refractivity contribution < 1.29 is 19.1 Å². The molecule has 3 rings (SSSR count). The molecule has 0 aromatic heterocycles. The monoisotopic (exact) mass is 460 g/mol. The fourth-order valence-electron chi connectivity index (χ4n) is 3.90. The SMILES string of the molecule is CC(C)(C)OC(=O)[C@@H](CCCCN)NC(=O)OCC1c2ccccc2-c2ccccc21.Cl. The van der Waals surface area contributed by atoms with Crippen LogP contribution in [-0.2, 0) is 14.3 Å². The van der Waals surface area contributed by atoms with Crippen molar-refractivity contribution >= 4 is 24.5 Å². The Hall–Kier alpha value is -2.57. The van der Waals surface area contributed by atoms with E-state index in [9.17, 15) is 9.59 Å². The zero-order chi connectivity index (χ0) is 22.4. The summed E-state index contributed by atoms with van der Waals surface area (Å²) in [6.07, 6.45) is 1.32. The number of carbonyl (C=O) groups is 2. The van der Waals surface area contributed by atoms with Crippen LogP contribution in [0.25, 0.3) is 11.1 Å². The van der Waals surface area contributed by atoms with Gasteiger partial charge in [0.25, 0.3) is 0 Å². The lowest BCUT2D eigenvalue weighted by atomic mass is 9.98. The van der Waals surface area contributed by atoms with Crippen LogP contribution in [0.3, 0.4) is 0 Å². The molecule has 0 saturated carbocycles. The van der Waals surface area contributed by atoms with Crippen molar-refractivity contribution in [2.45, 2.75) is 57.6 Å². The van der Waals surface area contributed by atoms with Gasteiger partial charge in [-0.2, -0.15) is 0 Å². The summed E-state index contributed by atoms with van der Waals surface area (Å²) in [5.74, 6) is -0.492. The molecule has 0 fully saturated rings. The number of rotatable bonds is 8. The Kier molecular flexibility index (Phi) is 9.10. The van der Waals surface area contributed by atoms with E-state index < -0.39 is 23.7 Å². The molecule has 32 heavy (non-hydrogen) atoms. The lowest BCUT2D eigenvalue weighted by Crippen LogP contribution is -2.44. The Morgan fingerprint density at radius 1 is 1.00 bits per heavy atom. The Morgan fingerprint density at radius 3 is 2.09 bits per heavy atom. The molecular weight excluding hydrogens is 428 g/mol. The quantitative estimate of drug-likeness (QED) is 0.436. The molecule has 0 aliphatic heterocycles. The van der Waals surface area contributed by atoms with Gasteiger partial charge in [0.05, 0.1) is 0 Å². The smallest absolute Gasteiger partial charge is 0.407 e. The Bertz CT molecular complexity index is 881. The first kappa shape index (κ1) is 25.7. The van der Waals surface area contributed by atoms with Gasteiger partial charge in [0.2, 0.25) is 0 Å². The van der Waals surface area contributed by atoms with Crippen LogP contribution in [0.1, 0.15) is 57.1 Å². The van der Waals surface area contributed by atoms with Crippen LogP contribution in [-0.4, -0.2) is 36.9 Å². The number of hydrogen-bond acceptors (Lipinski definition) is 5. The minimum absolute atomic E-state index is 0. The van der Waals surface area contributed by atoms with Gasteiger partial charge in [-0.1, -0.05) is 48.5 Å². The first-order valence-electron chi connectivity index (χ1n) is 10.8. The van der Waals surface area contributed by atoms with E-state index in [0.29, 0.717) is 19.4 Å². The average molecular weight is 461 g/mol. The van der Waals surface area contributed by atoms with Crippen molar-refractivity contribution in [2.75, 3.05) is 13.2 Å². The Morgan fingerprint density at radius 2 is 1.56 bits per heavy atom. The van der Waals surface area contributed by atoms with Gasteiger partial charge in [0.15, 0.2) is 0 Å². The van der Waals surface area contributed by atoms with Crippen molar-refractivity contribution in [3.63, 3.8) is 0 Å². The first-order chi connectivity index (χ1) is 14.8. The number of hydrogen-bond donors (Lipinski definition) is 2. The molecule has 174 valence electrons. The van der Waals surface area contributed by atoms with E-state index in [1.807, 2.05) is 24.3 Å². The molecule has 0 spiro atoms. The average Bonchev–Trinajstić information content (AvgIpc) is 3.04. The summed E-state index contributed by atoms with van der Waals surface area (Å²) < 4.78 is 11.0. The molecule has 2 aromatic rings. The molecule has 1 aliphatic rings. The van der Waals surface area contributed by atoms with Crippen LogP contribution in [0.15, 0.2) is 48.5 Å². The van der Waals surface area contributed by atoms with Gasteiger partial charge >= 0.3 is 12.1 Å². The zero-order valence-corrected chi connectivity index (χ0v) is 19.7. The number of halogens is 1. The van der Waals surface area contributed by atoms with Gasteiger partial charge < -0.3 is 20.5 Å². The number of fused-ring (bicyclic) bond motifs is 3. The van der Waals surface area contributed by atoms with E-state index in [1.165, 1.54) is 11.1 Å². The van der Waals surface area contributed by atoms with Crippen LogP contribution in [0, 0.1) is 0 Å². The second-order valence-electron chi connectivity index (χ2n) is 8.84. The second kappa shape index (κ2) is 11.3. The molecule has 0 radical (unpaired) electrons. The van der Waals surface area contributed by atoms with Crippen molar-refractivity contribution in [3.05, 3.63) is 59.7 Å². The van der Waals surface area contributed by atoms with Crippen molar-refractivity contribution in [2.24, 2.45) is 5.73 Å². The number of carbonyl (C=O) groups excluding carboxylic acids is 2. The van der Waals surface area contributed by atoms with Gasteiger partial charge in [-0.3, -0.25) is 0 Å². The van der Waals surface area contributed by atoms with Gasteiger partial charge in [-0.15, -0.1) is 12.4 Å². The molecule has 0 saturated heterocycles. The highest BCUT2D eigenvalue weighted by Gasteiger charge is 2.30. The van der Waals surface area contributed by atoms with Crippen LogP contribution in [0.4, 0.5) is 4.79 Å². The van der Waals surface area contributed by atoms with Gasteiger partial charge in [0.1, 0.15) is 18.2 Å². The Balaban J connectivity index is 0.00000363. The molecular formula is C25H33ClN2O4. The van der Waals surface area contributed by atoms with Crippen molar-refractivity contribution in [1.82, 2.24) is 5.32 Å². The normalized spacial score (nSPS) is 13.4. The molecule has 0 unspecified atom stereocenters. The minimum Gasteiger partial charge on any atom is -0.458 e. The topological polar surface area (TPSA) is 90.6 Å². The van der Waals surface area contributed by atoms with E-state index in [0.717, 1.165) is 17.5 Å². The third kappa shape index (κ3) is 6.47. The molecule has 7 heteroatoms. The first-order valence-corrected chi connectivity index (χ1v) is 10.8. The fraction of sp³-hybridized carbons (Fsp3) is 0.440. The summed E-state index contributed by atoms with van der Waals surface area (Å²) in [5.41, 5.74) is 9.55. The van der Waals surface area contributed by atoms with E-state index >= 15 is 0 Å². The maximum absolute atomic E-state index is 12.6. The van der Waals surface area contributed by atoms with Crippen LogP contribution < -0.4 is 11.1 Å². The highest BCUT2D eigenvalue weighted by molar-refractivity contribution is 5.85.